The van der Waals surface area contributed by atoms with Crippen LogP contribution in [0.4, 0.5) is 14.5 Å². The third kappa shape index (κ3) is 4.71. The Morgan fingerprint density at radius 1 is 1.31 bits per heavy atom. The van der Waals surface area contributed by atoms with E-state index in [4.69, 9.17) is 4.74 Å². The Bertz CT molecular complexity index is 643. The lowest BCUT2D eigenvalue weighted by Gasteiger charge is -2.38. The number of rotatable bonds is 5. The van der Waals surface area contributed by atoms with E-state index in [0.717, 1.165) is 39.0 Å². The van der Waals surface area contributed by atoms with E-state index in [2.05, 4.69) is 28.8 Å². The second-order valence-corrected chi connectivity index (χ2v) is 7.92. The summed E-state index contributed by atoms with van der Waals surface area (Å²) < 4.78 is 35.3. The third-order valence-corrected chi connectivity index (χ3v) is 5.23. The first-order valence-corrected chi connectivity index (χ1v) is 8.97. The number of para-hydroxylation sites is 2. The minimum atomic E-state index is -2.93. The molecule has 1 spiro atoms. The average Bonchev–Trinajstić information content (AvgIpc) is 2.86. The topological polar surface area (TPSA) is 50.8 Å². The first kappa shape index (κ1) is 19.0. The van der Waals surface area contributed by atoms with Crippen molar-refractivity contribution in [1.29, 1.82) is 0 Å². The van der Waals surface area contributed by atoms with Crippen molar-refractivity contribution in [2.24, 2.45) is 5.41 Å². The number of carbonyl (C=O) groups is 1. The highest BCUT2D eigenvalue weighted by molar-refractivity contribution is 5.93. The number of benzene rings is 1. The Labute approximate surface area is 152 Å². The summed E-state index contributed by atoms with van der Waals surface area (Å²) in [6.07, 6.45) is 3.07. The zero-order valence-electron chi connectivity index (χ0n) is 15.3. The van der Waals surface area contributed by atoms with Gasteiger partial charge in [0.05, 0.1) is 24.4 Å². The molecule has 2 fully saturated rings. The summed E-state index contributed by atoms with van der Waals surface area (Å²) in [5.41, 5.74) is 0.430. The number of ether oxygens (including phenoxy) is 2. The Kier molecular flexibility index (Phi) is 5.48. The molecule has 1 aromatic carbocycles. The monoisotopic (exact) mass is 368 g/mol. The number of amides is 1. The molecule has 0 aromatic heterocycles. The first-order valence-electron chi connectivity index (χ1n) is 8.97. The summed E-state index contributed by atoms with van der Waals surface area (Å²) in [5.74, 6) is -0.256. The predicted octanol–water partition coefficient (Wildman–Crippen LogP) is 3.51. The smallest absolute Gasteiger partial charge is 0.387 e. The highest BCUT2D eigenvalue weighted by Crippen LogP contribution is 2.46. The molecule has 7 heteroatoms. The van der Waals surface area contributed by atoms with Gasteiger partial charge in [-0.3, -0.25) is 9.69 Å². The number of likely N-dealkylation sites (tertiary alicyclic amines) is 1. The molecule has 2 aliphatic rings. The fraction of sp³-hybridized carbons (Fsp3) is 0.632. The average molecular weight is 368 g/mol. The van der Waals surface area contributed by atoms with E-state index in [0.29, 0.717) is 0 Å². The highest BCUT2D eigenvalue weighted by atomic mass is 19.3. The van der Waals surface area contributed by atoms with Gasteiger partial charge in [0.15, 0.2) is 0 Å². The summed E-state index contributed by atoms with van der Waals surface area (Å²) >= 11 is 0. The molecule has 0 bridgehead atoms. The Balaban J connectivity index is 1.51. The van der Waals surface area contributed by atoms with E-state index in [1.165, 1.54) is 6.07 Å². The minimum absolute atomic E-state index is 0.0289. The molecular weight excluding hydrogens is 342 g/mol. The van der Waals surface area contributed by atoms with Crippen LogP contribution in [0.25, 0.3) is 0 Å². The number of nitrogens with zero attached hydrogens (tertiary/aromatic N) is 1. The maximum absolute atomic E-state index is 12.5. The first-order chi connectivity index (χ1) is 12.3. The van der Waals surface area contributed by atoms with E-state index >= 15 is 0 Å². The quantitative estimate of drug-likeness (QED) is 0.864. The highest BCUT2D eigenvalue weighted by Gasteiger charge is 2.45. The van der Waals surface area contributed by atoms with Gasteiger partial charge in [-0.2, -0.15) is 8.78 Å². The van der Waals surface area contributed by atoms with Crippen LogP contribution in [0.3, 0.4) is 0 Å². The Morgan fingerprint density at radius 2 is 2.00 bits per heavy atom. The predicted molar refractivity (Wildman–Crippen MR) is 94.5 cm³/mol. The Morgan fingerprint density at radius 3 is 2.62 bits per heavy atom. The molecule has 5 nitrogen and oxygen atoms in total. The second-order valence-electron chi connectivity index (χ2n) is 7.92. The number of halogens is 2. The van der Waals surface area contributed by atoms with Crippen molar-refractivity contribution in [3.8, 4) is 5.75 Å². The van der Waals surface area contributed by atoms with Gasteiger partial charge in [-0.25, -0.2) is 0 Å². The van der Waals surface area contributed by atoms with E-state index in [-0.39, 0.29) is 34.9 Å². The zero-order valence-corrected chi connectivity index (χ0v) is 15.3. The Hall–Kier alpha value is -1.73. The SMILES string of the molecule is CC1(C)CC2(CCN(CC(=O)Nc3ccccc3OC(F)F)CC2)CO1. The van der Waals surface area contributed by atoms with E-state index in [1.807, 2.05) is 0 Å². The van der Waals surface area contributed by atoms with Crippen molar-refractivity contribution in [1.82, 2.24) is 4.90 Å². The summed E-state index contributed by atoms with van der Waals surface area (Å²) in [4.78, 5) is 14.4. The standard InChI is InChI=1S/C19H26F2N2O3/c1-18(2)12-19(13-25-18)7-9-23(10-8-19)11-16(24)22-14-5-3-4-6-15(14)26-17(20)21/h3-6,17H,7-13H2,1-2H3,(H,22,24). The van der Waals surface area contributed by atoms with Gasteiger partial charge >= 0.3 is 6.61 Å². The lowest BCUT2D eigenvalue weighted by atomic mass is 9.74. The van der Waals surface area contributed by atoms with Crippen molar-refractivity contribution in [3.05, 3.63) is 24.3 Å². The minimum Gasteiger partial charge on any atom is -0.433 e. The largest absolute Gasteiger partial charge is 0.433 e. The summed E-state index contributed by atoms with van der Waals surface area (Å²) in [5, 5.41) is 2.67. The van der Waals surface area contributed by atoms with Crippen LogP contribution in [0.1, 0.15) is 33.1 Å². The van der Waals surface area contributed by atoms with Crippen LogP contribution < -0.4 is 10.1 Å². The van der Waals surface area contributed by atoms with Gasteiger partial charge in [0, 0.05) is 0 Å². The van der Waals surface area contributed by atoms with Crippen LogP contribution in [0, 0.1) is 5.41 Å². The molecule has 2 saturated heterocycles. The van der Waals surface area contributed by atoms with E-state index in [9.17, 15) is 13.6 Å². The van der Waals surface area contributed by atoms with Gasteiger partial charge in [0.25, 0.3) is 0 Å². The van der Waals surface area contributed by atoms with Crippen LogP contribution in [0.15, 0.2) is 24.3 Å². The molecule has 1 amide bonds. The van der Waals surface area contributed by atoms with Gasteiger partial charge in [0.1, 0.15) is 5.75 Å². The molecule has 0 unspecified atom stereocenters. The molecule has 0 radical (unpaired) electrons. The maximum atomic E-state index is 12.5. The number of alkyl halides is 2. The fourth-order valence-electron chi connectivity index (χ4n) is 4.02. The van der Waals surface area contributed by atoms with Crippen LogP contribution in [0.5, 0.6) is 5.75 Å². The van der Waals surface area contributed by atoms with Crippen LogP contribution >= 0.6 is 0 Å². The van der Waals surface area contributed by atoms with E-state index < -0.39 is 6.61 Å². The van der Waals surface area contributed by atoms with Crippen molar-refractivity contribution in [3.63, 3.8) is 0 Å². The molecule has 0 saturated carbocycles. The molecule has 2 heterocycles. The molecule has 3 rings (SSSR count). The molecular formula is C19H26F2N2O3. The fourth-order valence-corrected chi connectivity index (χ4v) is 4.02. The number of piperidine rings is 1. The van der Waals surface area contributed by atoms with Crippen LogP contribution in [-0.4, -0.2) is 49.3 Å². The number of hydrogen-bond acceptors (Lipinski definition) is 4. The van der Waals surface area contributed by atoms with Crippen molar-refractivity contribution in [2.75, 3.05) is 31.6 Å². The number of anilines is 1. The van der Waals surface area contributed by atoms with Crippen LogP contribution in [0.2, 0.25) is 0 Å². The van der Waals surface area contributed by atoms with Gasteiger partial charge in [-0.1, -0.05) is 12.1 Å². The molecule has 0 atom stereocenters. The molecule has 1 N–H and O–H groups in total. The molecule has 0 aliphatic carbocycles. The summed E-state index contributed by atoms with van der Waals surface area (Å²) in [6, 6.07) is 6.22. The number of nitrogens with one attached hydrogen (secondary N) is 1. The van der Waals surface area contributed by atoms with Gasteiger partial charge in [-0.05, 0) is 63.7 Å². The lowest BCUT2D eigenvalue weighted by Crippen LogP contribution is -2.44. The molecule has 26 heavy (non-hydrogen) atoms. The second kappa shape index (κ2) is 7.48. The van der Waals surface area contributed by atoms with Crippen molar-refractivity contribution < 1.29 is 23.0 Å². The normalized spacial score (nSPS) is 21.9. The number of carbonyl (C=O) groups excluding carboxylic acids is 1. The molecule has 1 aromatic rings. The van der Waals surface area contributed by atoms with Crippen molar-refractivity contribution in [2.45, 2.75) is 45.3 Å². The molecule has 2 aliphatic heterocycles. The van der Waals surface area contributed by atoms with Crippen molar-refractivity contribution >= 4 is 11.6 Å². The molecule has 144 valence electrons. The van der Waals surface area contributed by atoms with Gasteiger partial charge in [-0.15, -0.1) is 0 Å². The third-order valence-electron chi connectivity index (χ3n) is 5.23. The zero-order chi connectivity index (χ0) is 18.8. The van der Waals surface area contributed by atoms with Gasteiger partial charge in [0.2, 0.25) is 5.91 Å². The summed E-state index contributed by atoms with van der Waals surface area (Å²) in [6.45, 7) is 4.02. The number of hydrogen-bond donors (Lipinski definition) is 1. The van der Waals surface area contributed by atoms with Gasteiger partial charge < -0.3 is 14.8 Å². The maximum Gasteiger partial charge on any atom is 0.387 e. The lowest BCUT2D eigenvalue weighted by molar-refractivity contribution is -0.118. The van der Waals surface area contributed by atoms with E-state index in [1.54, 1.807) is 18.2 Å². The summed E-state index contributed by atoms with van der Waals surface area (Å²) in [7, 11) is 0. The van der Waals surface area contributed by atoms with Crippen LogP contribution in [-0.2, 0) is 9.53 Å².